The molecule has 0 spiro atoms. The van der Waals surface area contributed by atoms with Crippen LogP contribution < -0.4 is 16.9 Å². The van der Waals surface area contributed by atoms with E-state index in [1.165, 1.54) is 16.8 Å². The third-order valence-corrected chi connectivity index (χ3v) is 2.86. The third kappa shape index (κ3) is 2.57. The van der Waals surface area contributed by atoms with E-state index < -0.39 is 0 Å². The van der Waals surface area contributed by atoms with Crippen molar-refractivity contribution in [2.24, 2.45) is 5.73 Å². The number of aromatic nitrogens is 2. The Hall–Kier alpha value is -2.14. The summed E-state index contributed by atoms with van der Waals surface area (Å²) in [5.41, 5.74) is 8.13. The number of nitrogens with zero attached hydrogens (tertiary/aromatic N) is 1. The normalized spacial score (nSPS) is 10.6. The van der Waals surface area contributed by atoms with Crippen LogP contribution in [-0.4, -0.2) is 9.78 Å². The van der Waals surface area contributed by atoms with Gasteiger partial charge < -0.3 is 5.73 Å². The summed E-state index contributed by atoms with van der Waals surface area (Å²) in [6, 6.07) is 8.33. The molecule has 5 nitrogen and oxygen atoms in total. The highest BCUT2D eigenvalue weighted by Crippen LogP contribution is 2.11. The van der Waals surface area contributed by atoms with Gasteiger partial charge in [-0.3, -0.25) is 14.7 Å². The summed E-state index contributed by atoms with van der Waals surface area (Å²) in [5.74, 6) is 0. The molecule has 3 N–H and O–H groups in total. The van der Waals surface area contributed by atoms with Crippen LogP contribution in [0.3, 0.4) is 0 Å². The summed E-state index contributed by atoms with van der Waals surface area (Å²) in [6.45, 7) is 2.80. The van der Waals surface area contributed by atoms with Gasteiger partial charge in [-0.2, -0.15) is 0 Å². The molecule has 18 heavy (non-hydrogen) atoms. The van der Waals surface area contributed by atoms with Crippen molar-refractivity contribution in [3.63, 3.8) is 0 Å². The highest BCUT2D eigenvalue weighted by atomic mass is 16.1. The zero-order valence-electron chi connectivity index (χ0n) is 10.1. The zero-order valence-corrected chi connectivity index (χ0v) is 10.1. The summed E-state index contributed by atoms with van der Waals surface area (Å²) in [7, 11) is 0. The number of hydrogen-bond donors (Lipinski definition) is 2. The summed E-state index contributed by atoms with van der Waals surface area (Å²) < 4.78 is 1.30. The lowest BCUT2D eigenvalue weighted by Gasteiger charge is -2.09. The second-order valence-electron chi connectivity index (χ2n) is 4.20. The van der Waals surface area contributed by atoms with Gasteiger partial charge in [0.15, 0.2) is 0 Å². The molecule has 1 heterocycles. The minimum atomic E-state index is -0.286. The Balaban J connectivity index is 2.37. The molecular formula is C13H15N3O2. The van der Waals surface area contributed by atoms with E-state index in [9.17, 15) is 9.59 Å². The van der Waals surface area contributed by atoms with E-state index in [1.54, 1.807) is 0 Å². The summed E-state index contributed by atoms with van der Waals surface area (Å²) in [6.07, 6.45) is 0. The van der Waals surface area contributed by atoms with Gasteiger partial charge in [0, 0.05) is 18.7 Å². The molecule has 2 rings (SSSR count). The van der Waals surface area contributed by atoms with Crippen molar-refractivity contribution < 1.29 is 0 Å². The summed E-state index contributed by atoms with van der Waals surface area (Å²) in [4.78, 5) is 22.8. The van der Waals surface area contributed by atoms with Gasteiger partial charge >= 0.3 is 0 Å². The molecule has 0 bridgehead atoms. The van der Waals surface area contributed by atoms with Crippen LogP contribution in [0.4, 0.5) is 0 Å². The third-order valence-electron chi connectivity index (χ3n) is 2.86. The average molecular weight is 245 g/mol. The quantitative estimate of drug-likeness (QED) is 0.818. The van der Waals surface area contributed by atoms with Crippen LogP contribution in [0.1, 0.15) is 16.7 Å². The van der Waals surface area contributed by atoms with Crippen LogP contribution in [0.15, 0.2) is 39.9 Å². The van der Waals surface area contributed by atoms with Crippen molar-refractivity contribution in [3.05, 3.63) is 67.7 Å². The molecule has 1 aromatic carbocycles. The first-order valence-electron chi connectivity index (χ1n) is 5.69. The number of rotatable bonds is 3. The van der Waals surface area contributed by atoms with Crippen molar-refractivity contribution in [3.8, 4) is 0 Å². The largest absolute Gasteiger partial charge is 0.326 e. The lowest BCUT2D eigenvalue weighted by atomic mass is 10.1. The van der Waals surface area contributed by atoms with E-state index in [-0.39, 0.29) is 11.1 Å². The topological polar surface area (TPSA) is 80.9 Å². The number of nitrogens with one attached hydrogen (secondary N) is 1. The standard InChI is InChI=1S/C13H15N3O2/c1-9-6-10(7-14)2-3-11(9)8-16-13(18)5-4-12(17)15-16/h2-6H,7-8,14H2,1H3,(H,15,17). The SMILES string of the molecule is Cc1cc(CN)ccc1Cn1[nH]c(=O)ccc1=O. The average Bonchev–Trinajstić information content (AvgIpc) is 2.36. The van der Waals surface area contributed by atoms with E-state index in [0.717, 1.165) is 16.7 Å². The molecule has 0 saturated carbocycles. The van der Waals surface area contributed by atoms with Crippen LogP contribution >= 0.6 is 0 Å². The maximum atomic E-state index is 11.6. The Labute approximate surface area is 104 Å². The molecule has 1 aromatic heterocycles. The molecule has 2 aromatic rings. The molecule has 0 amide bonds. The second-order valence-corrected chi connectivity index (χ2v) is 4.20. The lowest BCUT2D eigenvalue weighted by molar-refractivity contribution is 0.625. The second kappa shape index (κ2) is 5.01. The van der Waals surface area contributed by atoms with E-state index in [0.29, 0.717) is 13.1 Å². The van der Waals surface area contributed by atoms with Gasteiger partial charge in [-0.05, 0) is 23.6 Å². The fourth-order valence-corrected chi connectivity index (χ4v) is 1.81. The molecule has 94 valence electrons. The first-order valence-corrected chi connectivity index (χ1v) is 5.69. The molecular weight excluding hydrogens is 230 g/mol. The highest BCUT2D eigenvalue weighted by molar-refractivity contribution is 5.31. The van der Waals surface area contributed by atoms with Gasteiger partial charge in [-0.1, -0.05) is 18.2 Å². The Morgan fingerprint density at radius 3 is 2.67 bits per heavy atom. The van der Waals surface area contributed by atoms with E-state index >= 15 is 0 Å². The molecule has 5 heteroatoms. The first kappa shape index (κ1) is 12.3. The molecule has 0 radical (unpaired) electrons. The van der Waals surface area contributed by atoms with Gasteiger partial charge in [0.2, 0.25) is 0 Å². The van der Waals surface area contributed by atoms with Crippen molar-refractivity contribution >= 4 is 0 Å². The van der Waals surface area contributed by atoms with Crippen LogP contribution in [0.2, 0.25) is 0 Å². The Kier molecular flexibility index (Phi) is 3.43. The molecule has 0 unspecified atom stereocenters. The van der Waals surface area contributed by atoms with Crippen molar-refractivity contribution in [1.29, 1.82) is 0 Å². The van der Waals surface area contributed by atoms with Gasteiger partial charge in [0.25, 0.3) is 11.1 Å². The van der Waals surface area contributed by atoms with Crippen LogP contribution in [0.25, 0.3) is 0 Å². The van der Waals surface area contributed by atoms with E-state index in [2.05, 4.69) is 5.10 Å². The Morgan fingerprint density at radius 2 is 2.00 bits per heavy atom. The number of benzene rings is 1. The number of hydrogen-bond acceptors (Lipinski definition) is 3. The smallest absolute Gasteiger partial charge is 0.265 e. The van der Waals surface area contributed by atoms with Gasteiger partial charge in [0.05, 0.1) is 6.54 Å². The summed E-state index contributed by atoms with van der Waals surface area (Å²) in [5, 5.41) is 2.50. The van der Waals surface area contributed by atoms with Gasteiger partial charge in [-0.15, -0.1) is 0 Å². The highest BCUT2D eigenvalue weighted by Gasteiger charge is 2.03. The maximum Gasteiger partial charge on any atom is 0.265 e. The molecule has 0 fully saturated rings. The monoisotopic (exact) mass is 245 g/mol. The minimum Gasteiger partial charge on any atom is -0.326 e. The fraction of sp³-hybridized carbons (Fsp3) is 0.231. The Morgan fingerprint density at radius 1 is 1.22 bits per heavy atom. The lowest BCUT2D eigenvalue weighted by Crippen LogP contribution is -2.28. The molecule has 0 aliphatic carbocycles. The molecule has 0 atom stereocenters. The van der Waals surface area contributed by atoms with Gasteiger partial charge in [0.1, 0.15) is 0 Å². The number of aryl methyl sites for hydroxylation is 1. The number of H-pyrrole nitrogens is 1. The van der Waals surface area contributed by atoms with Crippen molar-refractivity contribution in [2.75, 3.05) is 0 Å². The predicted octanol–water partition coefficient (Wildman–Crippen LogP) is 0.352. The molecule has 0 saturated heterocycles. The molecule has 0 aliphatic rings. The summed E-state index contributed by atoms with van der Waals surface area (Å²) >= 11 is 0. The maximum absolute atomic E-state index is 11.6. The van der Waals surface area contributed by atoms with Crippen LogP contribution in [0.5, 0.6) is 0 Å². The van der Waals surface area contributed by atoms with Gasteiger partial charge in [-0.25, -0.2) is 4.68 Å². The Bertz CT molecular complexity index is 670. The van der Waals surface area contributed by atoms with Crippen molar-refractivity contribution in [2.45, 2.75) is 20.0 Å². The number of aromatic amines is 1. The first-order chi connectivity index (χ1) is 8.60. The van der Waals surface area contributed by atoms with E-state index in [4.69, 9.17) is 5.73 Å². The minimum absolute atomic E-state index is 0.225. The molecule has 0 aliphatic heterocycles. The van der Waals surface area contributed by atoms with E-state index in [1.807, 2.05) is 25.1 Å². The number of nitrogens with two attached hydrogens (primary N) is 1. The van der Waals surface area contributed by atoms with Crippen LogP contribution in [-0.2, 0) is 13.1 Å². The fourth-order valence-electron chi connectivity index (χ4n) is 1.81. The van der Waals surface area contributed by atoms with Crippen molar-refractivity contribution in [1.82, 2.24) is 9.78 Å². The van der Waals surface area contributed by atoms with Crippen LogP contribution in [0, 0.1) is 6.92 Å². The predicted molar refractivity (Wildman–Crippen MR) is 69.5 cm³/mol. The zero-order chi connectivity index (χ0) is 13.1.